The predicted octanol–water partition coefficient (Wildman–Crippen LogP) is 4.10. The summed E-state index contributed by atoms with van der Waals surface area (Å²) in [6.45, 7) is 1.52. The number of hydrogen-bond donors (Lipinski definition) is 2. The molecule has 0 bridgehead atoms. The molecule has 1 heterocycles. The average Bonchev–Trinajstić information content (AvgIpc) is 3.42. The van der Waals surface area contributed by atoms with E-state index in [1.165, 1.54) is 24.3 Å². The maximum absolute atomic E-state index is 13.8. The molecule has 2 N–H and O–H groups in total. The summed E-state index contributed by atoms with van der Waals surface area (Å²) in [4.78, 5) is 12.8. The maximum Gasteiger partial charge on any atom is 0.243 e. The van der Waals surface area contributed by atoms with Crippen molar-refractivity contribution in [3.8, 4) is 11.5 Å². The Labute approximate surface area is 240 Å². The fraction of sp³-hybridized carbons (Fsp3) is 0.345. The van der Waals surface area contributed by atoms with Gasteiger partial charge in [-0.05, 0) is 72.9 Å². The van der Waals surface area contributed by atoms with E-state index in [2.05, 4.69) is 10.0 Å². The largest absolute Gasteiger partial charge is 0.454 e. The second-order valence-corrected chi connectivity index (χ2v) is 14.0. The molecule has 1 aliphatic carbocycles. The summed E-state index contributed by atoms with van der Waals surface area (Å²) in [5.41, 5.74) is 1.13. The molecule has 2 atom stereocenters. The molecule has 0 unspecified atom stereocenters. The van der Waals surface area contributed by atoms with Gasteiger partial charge in [0.1, 0.15) is 0 Å². The van der Waals surface area contributed by atoms with Crippen LogP contribution in [0.3, 0.4) is 0 Å². The minimum Gasteiger partial charge on any atom is -0.454 e. The van der Waals surface area contributed by atoms with E-state index in [0.29, 0.717) is 22.7 Å². The standard InChI is InChI=1S/C29H33N3O7S2/c1-21-7-5-6-10-26(21)31-40(34,35)24-12-14-25(15-13-24)41(36,37)32(19-29(33)30-23-8-3-2-4-9-23)18-22-11-16-27-28(17-22)39-20-38-27/h2-4,8-9,11-17,21,26,31H,5-7,10,18-20H2,1H3,(H,30,33)/t21-,26+/m1/s1. The molecule has 218 valence electrons. The fourth-order valence-corrected chi connectivity index (χ4v) is 7.81. The van der Waals surface area contributed by atoms with Crippen LogP contribution in [0.15, 0.2) is 82.6 Å². The molecule has 12 heteroatoms. The normalized spacial score (nSPS) is 18.8. The van der Waals surface area contributed by atoms with Gasteiger partial charge in [0.2, 0.25) is 32.7 Å². The van der Waals surface area contributed by atoms with E-state index in [9.17, 15) is 21.6 Å². The Morgan fingerprint density at radius 1 is 0.878 bits per heavy atom. The minimum absolute atomic E-state index is 0.0154. The van der Waals surface area contributed by atoms with Gasteiger partial charge in [-0.15, -0.1) is 0 Å². The van der Waals surface area contributed by atoms with Crippen molar-refractivity contribution in [2.45, 2.75) is 55.0 Å². The molecule has 1 amide bonds. The summed E-state index contributed by atoms with van der Waals surface area (Å²) in [5, 5.41) is 2.72. The highest BCUT2D eigenvalue weighted by Crippen LogP contribution is 2.33. The number of para-hydroxylation sites is 1. The van der Waals surface area contributed by atoms with Gasteiger partial charge in [0.25, 0.3) is 0 Å². The van der Waals surface area contributed by atoms with Gasteiger partial charge in [0.05, 0.1) is 16.3 Å². The Morgan fingerprint density at radius 3 is 2.29 bits per heavy atom. The molecule has 0 spiro atoms. The number of fused-ring (bicyclic) bond motifs is 1. The van der Waals surface area contributed by atoms with Crippen LogP contribution >= 0.6 is 0 Å². The van der Waals surface area contributed by atoms with Gasteiger partial charge in [0, 0.05) is 18.3 Å². The Balaban J connectivity index is 1.38. The Kier molecular flexibility index (Phi) is 8.64. The molecule has 1 fully saturated rings. The summed E-state index contributed by atoms with van der Waals surface area (Å²) in [7, 11) is -8.05. The Morgan fingerprint density at radius 2 is 1.56 bits per heavy atom. The molecule has 0 saturated heterocycles. The highest BCUT2D eigenvalue weighted by Gasteiger charge is 2.30. The van der Waals surface area contributed by atoms with Gasteiger partial charge >= 0.3 is 0 Å². The van der Waals surface area contributed by atoms with Crippen LogP contribution in [0.2, 0.25) is 0 Å². The first-order valence-corrected chi connectivity index (χ1v) is 16.4. The highest BCUT2D eigenvalue weighted by molar-refractivity contribution is 7.89. The predicted molar refractivity (Wildman–Crippen MR) is 153 cm³/mol. The fourth-order valence-electron chi connectivity index (χ4n) is 5.05. The molecule has 1 aliphatic heterocycles. The van der Waals surface area contributed by atoms with Gasteiger partial charge < -0.3 is 14.8 Å². The van der Waals surface area contributed by atoms with E-state index in [1.54, 1.807) is 48.5 Å². The number of hydrogen-bond acceptors (Lipinski definition) is 7. The van der Waals surface area contributed by atoms with Gasteiger partial charge in [-0.25, -0.2) is 21.6 Å². The van der Waals surface area contributed by atoms with Crippen molar-refractivity contribution in [1.82, 2.24) is 9.03 Å². The zero-order valence-electron chi connectivity index (χ0n) is 22.7. The van der Waals surface area contributed by atoms with Crippen LogP contribution in [0, 0.1) is 5.92 Å². The van der Waals surface area contributed by atoms with E-state index in [1.807, 2.05) is 6.92 Å². The lowest BCUT2D eigenvalue weighted by Gasteiger charge is -2.29. The zero-order chi connectivity index (χ0) is 29.0. The lowest BCUT2D eigenvalue weighted by Crippen LogP contribution is -2.41. The van der Waals surface area contributed by atoms with Gasteiger partial charge in [-0.1, -0.05) is 44.0 Å². The van der Waals surface area contributed by atoms with Crippen LogP contribution in [-0.4, -0.2) is 46.4 Å². The molecule has 10 nitrogen and oxygen atoms in total. The molecule has 1 saturated carbocycles. The lowest BCUT2D eigenvalue weighted by atomic mass is 9.87. The van der Waals surface area contributed by atoms with E-state index < -0.39 is 32.5 Å². The first kappa shape index (κ1) is 29.1. The lowest BCUT2D eigenvalue weighted by molar-refractivity contribution is -0.116. The number of carbonyl (C=O) groups excluding carboxylic acids is 1. The molecule has 3 aromatic carbocycles. The van der Waals surface area contributed by atoms with Crippen LogP contribution in [0.4, 0.5) is 5.69 Å². The Hall–Kier alpha value is -3.45. The number of sulfonamides is 2. The van der Waals surface area contributed by atoms with Crippen molar-refractivity contribution >= 4 is 31.6 Å². The van der Waals surface area contributed by atoms with E-state index >= 15 is 0 Å². The number of benzene rings is 3. The van der Waals surface area contributed by atoms with Crippen molar-refractivity contribution in [3.05, 3.63) is 78.4 Å². The molecular formula is C29H33N3O7S2. The third kappa shape index (κ3) is 6.89. The second kappa shape index (κ2) is 12.2. The number of nitrogens with zero attached hydrogens (tertiary/aromatic N) is 1. The molecule has 0 radical (unpaired) electrons. The third-order valence-corrected chi connectivity index (χ3v) is 10.7. The quantitative estimate of drug-likeness (QED) is 0.359. The molecule has 0 aromatic heterocycles. The Bertz CT molecular complexity index is 1600. The van der Waals surface area contributed by atoms with Gasteiger partial charge in [0.15, 0.2) is 11.5 Å². The third-order valence-electron chi connectivity index (χ3n) is 7.36. The maximum atomic E-state index is 13.8. The monoisotopic (exact) mass is 599 g/mol. The molecule has 2 aliphatic rings. The molecular weight excluding hydrogens is 566 g/mol. The SMILES string of the molecule is C[C@@H]1CCCC[C@@H]1NS(=O)(=O)c1ccc(S(=O)(=O)N(CC(=O)Nc2ccccc2)Cc2ccc3c(c2)OCO3)cc1. The van der Waals surface area contributed by atoms with Crippen LogP contribution in [0.1, 0.15) is 38.2 Å². The van der Waals surface area contributed by atoms with Gasteiger partial charge in [-0.2, -0.15) is 4.31 Å². The van der Waals surface area contributed by atoms with E-state index in [-0.39, 0.29) is 35.1 Å². The van der Waals surface area contributed by atoms with Crippen LogP contribution < -0.4 is 19.5 Å². The molecule has 5 rings (SSSR count). The topological polar surface area (TPSA) is 131 Å². The van der Waals surface area contributed by atoms with E-state index in [4.69, 9.17) is 9.47 Å². The number of nitrogens with one attached hydrogen (secondary N) is 2. The number of amides is 1. The number of ether oxygens (including phenoxy) is 2. The smallest absolute Gasteiger partial charge is 0.243 e. The highest BCUT2D eigenvalue weighted by atomic mass is 32.2. The van der Waals surface area contributed by atoms with Crippen molar-refractivity contribution < 1.29 is 31.1 Å². The summed E-state index contributed by atoms with van der Waals surface area (Å²) in [6, 6.07) is 18.7. The van der Waals surface area contributed by atoms with Crippen LogP contribution in [0.5, 0.6) is 11.5 Å². The first-order chi connectivity index (χ1) is 19.6. The van der Waals surface area contributed by atoms with Crippen molar-refractivity contribution in [3.63, 3.8) is 0 Å². The number of rotatable bonds is 10. The molecule has 3 aromatic rings. The summed E-state index contributed by atoms with van der Waals surface area (Å²) in [5.74, 6) is 0.747. The van der Waals surface area contributed by atoms with E-state index in [0.717, 1.165) is 30.0 Å². The van der Waals surface area contributed by atoms with Crippen molar-refractivity contribution in [2.24, 2.45) is 5.92 Å². The van der Waals surface area contributed by atoms with Crippen molar-refractivity contribution in [1.29, 1.82) is 0 Å². The summed E-state index contributed by atoms with van der Waals surface area (Å²) >= 11 is 0. The van der Waals surface area contributed by atoms with Crippen LogP contribution in [0.25, 0.3) is 0 Å². The van der Waals surface area contributed by atoms with Gasteiger partial charge in [-0.3, -0.25) is 4.79 Å². The summed E-state index contributed by atoms with van der Waals surface area (Å²) in [6.07, 6.45) is 3.78. The first-order valence-electron chi connectivity index (χ1n) is 13.5. The summed E-state index contributed by atoms with van der Waals surface area (Å²) < 4.78 is 68.3. The number of anilines is 1. The van der Waals surface area contributed by atoms with Crippen molar-refractivity contribution in [2.75, 3.05) is 18.7 Å². The van der Waals surface area contributed by atoms with Crippen LogP contribution in [-0.2, 0) is 31.4 Å². The number of carbonyl (C=O) groups is 1. The molecule has 41 heavy (non-hydrogen) atoms. The minimum atomic E-state index is -4.21. The zero-order valence-corrected chi connectivity index (χ0v) is 24.3. The average molecular weight is 600 g/mol. The second-order valence-electron chi connectivity index (χ2n) is 10.3.